The third-order valence-electron chi connectivity index (χ3n) is 1.86. The summed E-state index contributed by atoms with van der Waals surface area (Å²) in [6.45, 7) is 0. The van der Waals surface area contributed by atoms with E-state index >= 15 is 0 Å². The van der Waals surface area contributed by atoms with Crippen LogP contribution in [0, 0.1) is 11.8 Å². The molecule has 0 aliphatic carbocycles. The van der Waals surface area contributed by atoms with Crippen LogP contribution in [0.3, 0.4) is 0 Å². The minimum atomic E-state index is -0.805. The lowest BCUT2D eigenvalue weighted by molar-refractivity contribution is -0.112. The first-order valence-electron chi connectivity index (χ1n) is 3.94. The first-order chi connectivity index (χ1) is 6.68. The zero-order valence-corrected chi connectivity index (χ0v) is 7.15. The number of hydrogen-bond donors (Lipinski definition) is 1. The van der Waals surface area contributed by atoms with Crippen molar-refractivity contribution in [3.8, 4) is 11.8 Å². The maximum absolute atomic E-state index is 11.4. The number of amides is 1. The molecular formula is C10H6N2O2. The van der Waals surface area contributed by atoms with Crippen LogP contribution < -0.4 is 5.73 Å². The molecule has 0 aliphatic heterocycles. The number of hydrogen-bond acceptors (Lipinski definition) is 2. The van der Waals surface area contributed by atoms with Gasteiger partial charge in [0.1, 0.15) is 0 Å². The van der Waals surface area contributed by atoms with Crippen molar-refractivity contribution >= 4 is 22.8 Å². The molecule has 0 saturated carbocycles. The van der Waals surface area contributed by atoms with Crippen molar-refractivity contribution in [2.45, 2.75) is 0 Å². The summed E-state index contributed by atoms with van der Waals surface area (Å²) in [4.78, 5) is 21.8. The van der Waals surface area contributed by atoms with Crippen molar-refractivity contribution in [3.63, 3.8) is 0 Å². The van der Waals surface area contributed by atoms with Crippen molar-refractivity contribution in [1.29, 1.82) is 0 Å². The second-order valence-corrected chi connectivity index (χ2v) is 2.77. The molecule has 68 valence electrons. The summed E-state index contributed by atoms with van der Waals surface area (Å²) in [5, 5.41) is 0. The lowest BCUT2D eigenvalue weighted by atomic mass is 10.4. The van der Waals surface area contributed by atoms with E-state index < -0.39 is 11.8 Å². The van der Waals surface area contributed by atoms with Crippen molar-refractivity contribution < 1.29 is 9.59 Å². The molecule has 4 heteroatoms. The van der Waals surface area contributed by atoms with Crippen LogP contribution >= 0.6 is 0 Å². The van der Waals surface area contributed by atoms with Crippen LogP contribution in [0.5, 0.6) is 0 Å². The molecule has 14 heavy (non-hydrogen) atoms. The lowest BCUT2D eigenvalue weighted by Crippen LogP contribution is -2.10. The quantitative estimate of drug-likeness (QED) is 0.597. The highest BCUT2D eigenvalue weighted by molar-refractivity contribution is 6.07. The summed E-state index contributed by atoms with van der Waals surface area (Å²) in [6, 6.07) is 7.22. The van der Waals surface area contributed by atoms with Crippen molar-refractivity contribution in [3.05, 3.63) is 24.3 Å². The van der Waals surface area contributed by atoms with Crippen molar-refractivity contribution in [1.82, 2.24) is 4.57 Å². The number of carbonyl (C=O) groups is 2. The summed E-state index contributed by atoms with van der Waals surface area (Å²) in [5.41, 5.74) is 6.33. The molecule has 0 aliphatic rings. The highest BCUT2D eigenvalue weighted by Gasteiger charge is 2.08. The van der Waals surface area contributed by atoms with Gasteiger partial charge in [0.15, 0.2) is 0 Å². The van der Waals surface area contributed by atoms with Gasteiger partial charge < -0.3 is 5.73 Å². The standard InChI is InChI=1S/C10H6N2O2/c11-9(13)5-6-10(14)12-7-1-2-8(12)4-3-7/h1-4H,(H2,11,13). The van der Waals surface area contributed by atoms with Crippen LogP contribution in [0.25, 0.3) is 11.0 Å². The zero-order valence-electron chi connectivity index (χ0n) is 7.15. The molecule has 0 unspecified atom stereocenters. The number of rotatable bonds is 0. The third-order valence-corrected chi connectivity index (χ3v) is 1.86. The van der Waals surface area contributed by atoms with E-state index in [-0.39, 0.29) is 0 Å². The fourth-order valence-electron chi connectivity index (χ4n) is 1.31. The predicted octanol–water partition coefficient (Wildman–Crippen LogP) is 0.208. The highest BCUT2D eigenvalue weighted by atomic mass is 16.2. The molecule has 4 nitrogen and oxygen atoms in total. The number of nitrogens with zero attached hydrogens (tertiary/aromatic N) is 1. The molecule has 0 fully saturated rings. The largest absolute Gasteiger partial charge is 0.359 e. The molecule has 0 saturated heterocycles. The fraction of sp³-hybridized carbons (Fsp3) is 0. The van der Waals surface area contributed by atoms with Gasteiger partial charge in [-0.15, -0.1) is 0 Å². The summed E-state index contributed by atoms with van der Waals surface area (Å²) < 4.78 is 1.43. The summed E-state index contributed by atoms with van der Waals surface area (Å²) in [5.74, 6) is 2.93. The van der Waals surface area contributed by atoms with Gasteiger partial charge in [0.05, 0.1) is 0 Å². The predicted molar refractivity (Wildman–Crippen MR) is 50.7 cm³/mol. The second-order valence-electron chi connectivity index (χ2n) is 2.77. The van der Waals surface area contributed by atoms with Crippen molar-refractivity contribution in [2.24, 2.45) is 5.73 Å². The van der Waals surface area contributed by atoms with Gasteiger partial charge in [-0.3, -0.25) is 14.2 Å². The van der Waals surface area contributed by atoms with Crippen LogP contribution in [0.1, 0.15) is 4.79 Å². The van der Waals surface area contributed by atoms with E-state index in [1.807, 2.05) is 5.92 Å². The molecule has 2 aromatic heterocycles. The van der Waals surface area contributed by atoms with Gasteiger partial charge >= 0.3 is 5.91 Å². The van der Waals surface area contributed by atoms with Crippen LogP contribution in [0.2, 0.25) is 0 Å². The molecule has 2 heterocycles. The molecular weight excluding hydrogens is 180 g/mol. The van der Waals surface area contributed by atoms with E-state index in [9.17, 15) is 9.59 Å². The van der Waals surface area contributed by atoms with E-state index in [0.717, 1.165) is 11.0 Å². The normalized spacial score (nSPS) is 9.71. The summed E-state index contributed by atoms with van der Waals surface area (Å²) in [7, 11) is 0. The molecule has 2 N–H and O–H groups in total. The Morgan fingerprint density at radius 1 is 1.07 bits per heavy atom. The Balaban J connectivity index is 2.39. The number of primary amides is 1. The SMILES string of the molecule is NC(=O)C#CC(=O)n1c2ccc1cc2. The number of nitrogens with two attached hydrogens (primary N) is 1. The first kappa shape index (κ1) is 8.32. The van der Waals surface area contributed by atoms with E-state index in [2.05, 4.69) is 5.92 Å². The topological polar surface area (TPSA) is 65.1 Å². The average molecular weight is 186 g/mol. The summed E-state index contributed by atoms with van der Waals surface area (Å²) >= 11 is 0. The summed E-state index contributed by atoms with van der Waals surface area (Å²) in [6.07, 6.45) is 0. The number of carbonyl (C=O) groups excluding carboxylic acids is 2. The Bertz CT molecular complexity index is 509. The van der Waals surface area contributed by atoms with E-state index in [0.29, 0.717) is 0 Å². The maximum atomic E-state index is 11.4. The van der Waals surface area contributed by atoms with E-state index in [1.54, 1.807) is 24.3 Å². The third kappa shape index (κ3) is 1.21. The van der Waals surface area contributed by atoms with Gasteiger partial charge in [0, 0.05) is 22.9 Å². The molecule has 2 bridgehead atoms. The van der Waals surface area contributed by atoms with Gasteiger partial charge in [-0.25, -0.2) is 0 Å². The molecule has 0 spiro atoms. The lowest BCUT2D eigenvalue weighted by Gasteiger charge is -1.92. The molecule has 1 amide bonds. The van der Waals surface area contributed by atoms with Gasteiger partial charge in [-0.2, -0.15) is 0 Å². The van der Waals surface area contributed by atoms with Gasteiger partial charge in [0.2, 0.25) is 0 Å². The monoisotopic (exact) mass is 186 g/mol. The number of aromatic nitrogens is 1. The van der Waals surface area contributed by atoms with E-state index in [4.69, 9.17) is 5.73 Å². The number of benzene rings is 1. The molecule has 2 rings (SSSR count). The Kier molecular flexibility index (Phi) is 1.72. The van der Waals surface area contributed by atoms with Crippen molar-refractivity contribution in [2.75, 3.05) is 0 Å². The first-order valence-corrected chi connectivity index (χ1v) is 3.94. The van der Waals surface area contributed by atoms with Crippen LogP contribution in [-0.2, 0) is 4.79 Å². The van der Waals surface area contributed by atoms with Crippen LogP contribution in [0.4, 0.5) is 0 Å². The van der Waals surface area contributed by atoms with Gasteiger partial charge in [0.25, 0.3) is 5.91 Å². The minimum absolute atomic E-state index is 0.441. The minimum Gasteiger partial charge on any atom is -0.359 e. The zero-order chi connectivity index (χ0) is 10.1. The molecule has 2 aromatic rings. The Morgan fingerprint density at radius 3 is 2.00 bits per heavy atom. The molecule has 0 atom stereocenters. The second kappa shape index (κ2) is 2.89. The van der Waals surface area contributed by atoms with Gasteiger partial charge in [-0.1, -0.05) is 0 Å². The Hall–Kier alpha value is -2.28. The fourth-order valence-corrected chi connectivity index (χ4v) is 1.31. The number of fused-ring (bicyclic) bond motifs is 2. The Labute approximate surface area is 79.6 Å². The smallest absolute Gasteiger partial charge is 0.307 e. The highest BCUT2D eigenvalue weighted by Crippen LogP contribution is 2.15. The maximum Gasteiger partial charge on any atom is 0.307 e. The van der Waals surface area contributed by atoms with E-state index in [1.165, 1.54) is 4.57 Å². The average Bonchev–Trinajstić information content (AvgIpc) is 2.73. The molecule has 0 radical (unpaired) electrons. The van der Waals surface area contributed by atoms with Gasteiger partial charge in [-0.05, 0) is 24.3 Å². The van der Waals surface area contributed by atoms with Crippen LogP contribution in [-0.4, -0.2) is 16.4 Å². The Morgan fingerprint density at radius 2 is 1.57 bits per heavy atom. The molecule has 0 aromatic carbocycles. The van der Waals surface area contributed by atoms with Crippen LogP contribution in [0.15, 0.2) is 24.3 Å².